The molecule has 2 aromatic rings. The molecule has 24 heavy (non-hydrogen) atoms. The lowest BCUT2D eigenvalue weighted by Gasteiger charge is -2.31. The van der Waals surface area contributed by atoms with Gasteiger partial charge in [0.2, 0.25) is 5.91 Å². The number of nitrogens with zero attached hydrogens (tertiary/aromatic N) is 1. The molecule has 0 spiro atoms. The van der Waals surface area contributed by atoms with Gasteiger partial charge in [-0.3, -0.25) is 4.79 Å². The highest BCUT2D eigenvalue weighted by molar-refractivity contribution is 5.82. The van der Waals surface area contributed by atoms with Crippen molar-refractivity contribution in [1.29, 1.82) is 0 Å². The molecule has 126 valence electrons. The summed E-state index contributed by atoms with van der Waals surface area (Å²) in [6.07, 6.45) is 1.99. The molecule has 1 aliphatic heterocycles. The average Bonchev–Trinajstić information content (AvgIpc) is 2.61. The summed E-state index contributed by atoms with van der Waals surface area (Å²) in [5, 5.41) is 2.98. The van der Waals surface area contributed by atoms with Gasteiger partial charge in [0.05, 0.1) is 13.7 Å². The highest BCUT2D eigenvalue weighted by Gasteiger charge is 2.20. The van der Waals surface area contributed by atoms with Gasteiger partial charge in [0.15, 0.2) is 0 Å². The van der Waals surface area contributed by atoms with Gasteiger partial charge in [0.25, 0.3) is 0 Å². The molecule has 0 atom stereocenters. The van der Waals surface area contributed by atoms with Crippen molar-refractivity contribution >= 4 is 17.3 Å². The quantitative estimate of drug-likeness (QED) is 0.828. The first-order valence-corrected chi connectivity index (χ1v) is 8.19. The second kappa shape index (κ2) is 7.25. The van der Waals surface area contributed by atoms with E-state index in [1.165, 1.54) is 0 Å². The number of amides is 1. The second-order valence-electron chi connectivity index (χ2n) is 6.00. The van der Waals surface area contributed by atoms with Crippen LogP contribution in [0.2, 0.25) is 0 Å². The number of carbonyl (C=O) groups excluding carboxylic acids is 1. The number of fused-ring (bicyclic) bond motifs is 1. The Hall–Kier alpha value is -2.69. The maximum atomic E-state index is 12.3. The lowest BCUT2D eigenvalue weighted by Crippen LogP contribution is -2.39. The minimum absolute atomic E-state index is 0.00749. The molecule has 0 saturated heterocycles. The Bertz CT molecular complexity index is 730. The average molecular weight is 325 g/mol. The molecule has 0 fully saturated rings. The van der Waals surface area contributed by atoms with E-state index in [-0.39, 0.29) is 5.91 Å². The van der Waals surface area contributed by atoms with Crippen molar-refractivity contribution in [2.45, 2.75) is 19.4 Å². The molecule has 0 aliphatic carbocycles. The molecule has 2 aromatic carbocycles. The Kier molecular flexibility index (Phi) is 4.89. The number of nitrogens with one attached hydrogen (secondary N) is 1. The van der Waals surface area contributed by atoms with Crippen molar-refractivity contribution in [3.05, 3.63) is 53.6 Å². The zero-order valence-electron chi connectivity index (χ0n) is 13.9. The zero-order chi connectivity index (χ0) is 16.9. The fourth-order valence-electron chi connectivity index (χ4n) is 3.10. The van der Waals surface area contributed by atoms with E-state index in [2.05, 4.69) is 10.2 Å². The smallest absolute Gasteiger partial charge is 0.239 e. The van der Waals surface area contributed by atoms with Gasteiger partial charge in [-0.25, -0.2) is 0 Å². The van der Waals surface area contributed by atoms with Crippen molar-refractivity contribution < 1.29 is 9.53 Å². The van der Waals surface area contributed by atoms with Crippen LogP contribution in [-0.2, 0) is 17.8 Å². The third-order valence-corrected chi connectivity index (χ3v) is 4.34. The maximum Gasteiger partial charge on any atom is 0.239 e. The van der Waals surface area contributed by atoms with Crippen LogP contribution >= 0.6 is 0 Å². The molecular formula is C19H23N3O2. The minimum atomic E-state index is 0.00749. The Morgan fingerprint density at radius 2 is 2.12 bits per heavy atom. The SMILES string of the molecule is COc1cccc(CNC(=O)CN2CCCc3c(N)cccc32)c1. The molecule has 5 heteroatoms. The first kappa shape index (κ1) is 16.2. The molecule has 0 aromatic heterocycles. The number of nitrogen functional groups attached to an aromatic ring is 1. The molecule has 0 saturated carbocycles. The number of hydrogen-bond acceptors (Lipinski definition) is 4. The molecular weight excluding hydrogens is 302 g/mol. The van der Waals surface area contributed by atoms with E-state index in [9.17, 15) is 4.79 Å². The van der Waals surface area contributed by atoms with Crippen molar-refractivity contribution in [3.8, 4) is 5.75 Å². The van der Waals surface area contributed by atoms with E-state index in [0.717, 1.165) is 47.6 Å². The van der Waals surface area contributed by atoms with Crippen molar-refractivity contribution in [1.82, 2.24) is 5.32 Å². The molecule has 1 heterocycles. The monoisotopic (exact) mass is 325 g/mol. The number of methoxy groups -OCH3 is 1. The van der Waals surface area contributed by atoms with Crippen LogP contribution in [-0.4, -0.2) is 26.1 Å². The van der Waals surface area contributed by atoms with E-state index in [0.29, 0.717) is 13.1 Å². The van der Waals surface area contributed by atoms with Gasteiger partial charge in [0, 0.05) is 24.5 Å². The van der Waals surface area contributed by atoms with Crippen LogP contribution in [0.3, 0.4) is 0 Å². The molecule has 3 N–H and O–H groups in total. The number of benzene rings is 2. The van der Waals surface area contributed by atoms with Crippen LogP contribution in [0.15, 0.2) is 42.5 Å². The number of rotatable bonds is 5. The van der Waals surface area contributed by atoms with Crippen LogP contribution in [0, 0.1) is 0 Å². The third kappa shape index (κ3) is 3.62. The van der Waals surface area contributed by atoms with Crippen LogP contribution < -0.4 is 20.7 Å². The van der Waals surface area contributed by atoms with Gasteiger partial charge in [0.1, 0.15) is 5.75 Å². The van der Waals surface area contributed by atoms with Crippen LogP contribution in [0.1, 0.15) is 17.5 Å². The summed E-state index contributed by atoms with van der Waals surface area (Å²) in [5.74, 6) is 0.801. The fourth-order valence-corrected chi connectivity index (χ4v) is 3.10. The molecule has 0 radical (unpaired) electrons. The number of nitrogens with two attached hydrogens (primary N) is 1. The lowest BCUT2D eigenvalue weighted by atomic mass is 10.00. The summed E-state index contributed by atoms with van der Waals surface area (Å²) in [7, 11) is 1.64. The largest absolute Gasteiger partial charge is 0.497 e. The zero-order valence-corrected chi connectivity index (χ0v) is 13.9. The summed E-state index contributed by atoms with van der Waals surface area (Å²) in [6, 6.07) is 13.6. The predicted molar refractivity (Wildman–Crippen MR) is 96.2 cm³/mol. The maximum absolute atomic E-state index is 12.3. The molecule has 1 amide bonds. The number of carbonyl (C=O) groups is 1. The van der Waals surface area contributed by atoms with Gasteiger partial charge in [-0.1, -0.05) is 18.2 Å². The number of anilines is 2. The highest BCUT2D eigenvalue weighted by atomic mass is 16.5. The molecule has 5 nitrogen and oxygen atoms in total. The number of hydrogen-bond donors (Lipinski definition) is 2. The van der Waals surface area contributed by atoms with E-state index in [4.69, 9.17) is 10.5 Å². The summed E-state index contributed by atoms with van der Waals surface area (Å²) in [6.45, 7) is 1.72. The Morgan fingerprint density at radius 3 is 2.96 bits per heavy atom. The van der Waals surface area contributed by atoms with E-state index in [1.54, 1.807) is 7.11 Å². The summed E-state index contributed by atoms with van der Waals surface area (Å²) in [4.78, 5) is 14.4. The van der Waals surface area contributed by atoms with E-state index >= 15 is 0 Å². The summed E-state index contributed by atoms with van der Waals surface area (Å²) < 4.78 is 5.20. The molecule has 3 rings (SSSR count). The molecule has 0 bridgehead atoms. The van der Waals surface area contributed by atoms with Gasteiger partial charge < -0.3 is 20.7 Å². The van der Waals surface area contributed by atoms with E-state index in [1.807, 2.05) is 42.5 Å². The van der Waals surface area contributed by atoms with Crippen LogP contribution in [0.5, 0.6) is 5.75 Å². The molecule has 0 unspecified atom stereocenters. The Morgan fingerprint density at radius 1 is 1.29 bits per heavy atom. The van der Waals surface area contributed by atoms with Crippen molar-refractivity contribution in [3.63, 3.8) is 0 Å². The van der Waals surface area contributed by atoms with Gasteiger partial charge in [-0.2, -0.15) is 0 Å². The first-order valence-electron chi connectivity index (χ1n) is 8.19. The first-order chi connectivity index (χ1) is 11.7. The van der Waals surface area contributed by atoms with Gasteiger partial charge >= 0.3 is 0 Å². The normalized spacial score (nSPS) is 13.3. The highest BCUT2D eigenvalue weighted by Crippen LogP contribution is 2.30. The van der Waals surface area contributed by atoms with Gasteiger partial charge in [-0.05, 0) is 48.2 Å². The standard InChI is InChI=1S/C19H23N3O2/c1-24-15-6-2-5-14(11-15)12-21-19(23)13-22-10-4-7-16-17(20)8-3-9-18(16)22/h2-3,5-6,8-9,11H,4,7,10,12-13,20H2,1H3,(H,21,23). The Balaban J connectivity index is 1.61. The number of ether oxygens (including phenoxy) is 1. The Labute approximate surface area is 142 Å². The van der Waals surface area contributed by atoms with E-state index < -0.39 is 0 Å². The van der Waals surface area contributed by atoms with Crippen molar-refractivity contribution in [2.75, 3.05) is 30.8 Å². The second-order valence-corrected chi connectivity index (χ2v) is 6.00. The minimum Gasteiger partial charge on any atom is -0.497 e. The van der Waals surface area contributed by atoms with Gasteiger partial charge in [-0.15, -0.1) is 0 Å². The lowest BCUT2D eigenvalue weighted by molar-refractivity contribution is -0.119. The summed E-state index contributed by atoms with van der Waals surface area (Å²) in [5.41, 5.74) is 10.1. The van der Waals surface area contributed by atoms with Crippen LogP contribution in [0.4, 0.5) is 11.4 Å². The fraction of sp³-hybridized carbons (Fsp3) is 0.316. The van der Waals surface area contributed by atoms with Crippen molar-refractivity contribution in [2.24, 2.45) is 0 Å². The summed E-state index contributed by atoms with van der Waals surface area (Å²) >= 11 is 0. The topological polar surface area (TPSA) is 67.6 Å². The predicted octanol–water partition coefficient (Wildman–Crippen LogP) is 2.35. The molecule has 1 aliphatic rings. The third-order valence-electron chi connectivity index (χ3n) is 4.34. The van der Waals surface area contributed by atoms with Crippen LogP contribution in [0.25, 0.3) is 0 Å².